The van der Waals surface area contributed by atoms with Gasteiger partial charge in [-0.2, -0.15) is 16.7 Å². The fourth-order valence-electron chi connectivity index (χ4n) is 7.40. The third-order valence-electron chi connectivity index (χ3n) is 9.84. The van der Waals surface area contributed by atoms with E-state index in [-0.39, 0.29) is 21.1 Å². The van der Waals surface area contributed by atoms with Crippen LogP contribution in [-0.4, -0.2) is 18.7 Å². The molecule has 6 heteroatoms. The van der Waals surface area contributed by atoms with Crippen molar-refractivity contribution in [1.82, 2.24) is 18.7 Å². The minimum atomic E-state index is 0. The number of nitrogens with zero attached hydrogens (tertiary/aromatic N) is 5. The van der Waals surface area contributed by atoms with Gasteiger partial charge < -0.3 is 9.47 Å². The average Bonchev–Trinajstić information content (AvgIpc) is 3.79. The Balaban J connectivity index is 0.00000384. The predicted molar refractivity (Wildman–Crippen MR) is 217 cm³/mol. The first-order valence-corrected chi connectivity index (χ1v) is 17.7. The van der Waals surface area contributed by atoms with Crippen LogP contribution in [0.25, 0.3) is 61.2 Å². The van der Waals surface area contributed by atoms with Crippen LogP contribution < -0.4 is 4.90 Å². The molecule has 3 heterocycles. The summed E-state index contributed by atoms with van der Waals surface area (Å²) in [5, 5.41) is 2.27. The number of pyridine rings is 1. The van der Waals surface area contributed by atoms with Crippen LogP contribution in [0.5, 0.6) is 0 Å². The van der Waals surface area contributed by atoms with Crippen molar-refractivity contribution in [3.63, 3.8) is 0 Å². The van der Waals surface area contributed by atoms with E-state index in [2.05, 4.69) is 201 Å². The van der Waals surface area contributed by atoms with Gasteiger partial charge in [-0.25, -0.2) is 9.55 Å². The smallest absolute Gasteiger partial charge is 0.168 e. The third kappa shape index (κ3) is 5.80. The Bertz CT molecular complexity index is 2900. The molecule has 0 aliphatic carbocycles. The molecule has 0 radical (unpaired) electrons. The predicted octanol–water partition coefficient (Wildman–Crippen LogP) is 11.9. The maximum atomic E-state index is 4.91. The van der Waals surface area contributed by atoms with Gasteiger partial charge in [0.1, 0.15) is 11.5 Å². The van der Waals surface area contributed by atoms with Gasteiger partial charge in [-0.05, 0) is 59.0 Å². The second kappa shape index (κ2) is 14.1. The monoisotopic (exact) mass is 873 g/mol. The number of rotatable bonds is 7. The molecule has 0 N–H and O–H groups in total. The Morgan fingerprint density at radius 3 is 1.93 bits per heavy atom. The molecule has 3 aromatic heterocycles. The van der Waals surface area contributed by atoms with E-state index in [4.69, 9.17) is 4.98 Å². The van der Waals surface area contributed by atoms with E-state index in [1.165, 1.54) is 0 Å². The van der Waals surface area contributed by atoms with Crippen molar-refractivity contribution in [2.75, 3.05) is 4.90 Å². The SMILES string of the molecule is [Pt].[c-]1c(N(c2[c-]c3c(cc2)c2ccccc2n3-c2cc(-c3ccccc3)ccn2)c2ccccc2)cccc1-n1[cH+]n(-c2ccccc2)c2ccccc21. The fraction of sp³-hybridized carbons (Fsp3) is 0. The summed E-state index contributed by atoms with van der Waals surface area (Å²) in [6.07, 6.45) is 4.04. The average molecular weight is 874 g/mol. The van der Waals surface area contributed by atoms with Crippen LogP contribution in [-0.2, 0) is 21.1 Å². The third-order valence-corrected chi connectivity index (χ3v) is 9.84. The maximum Gasteiger partial charge on any atom is 0.168 e. The van der Waals surface area contributed by atoms with E-state index in [1.54, 1.807) is 0 Å². The van der Waals surface area contributed by atoms with Crippen molar-refractivity contribution in [2.45, 2.75) is 0 Å². The van der Waals surface area contributed by atoms with Gasteiger partial charge in [0.15, 0.2) is 17.4 Å². The molecule has 0 atom stereocenters. The quantitative estimate of drug-likeness (QED) is 0.149. The molecule has 0 unspecified atom stereocenters. The molecule has 54 heavy (non-hydrogen) atoms. The van der Waals surface area contributed by atoms with E-state index in [9.17, 15) is 0 Å². The van der Waals surface area contributed by atoms with Gasteiger partial charge >= 0.3 is 0 Å². The Morgan fingerprint density at radius 1 is 0.500 bits per heavy atom. The molecule has 260 valence electrons. The zero-order chi connectivity index (χ0) is 35.1. The van der Waals surface area contributed by atoms with Crippen LogP contribution in [0, 0.1) is 12.1 Å². The van der Waals surface area contributed by atoms with Crippen molar-refractivity contribution < 1.29 is 21.1 Å². The fourth-order valence-corrected chi connectivity index (χ4v) is 7.40. The number of anilines is 3. The van der Waals surface area contributed by atoms with Gasteiger partial charge in [0.05, 0.1) is 0 Å². The van der Waals surface area contributed by atoms with Gasteiger partial charge in [-0.1, -0.05) is 120 Å². The summed E-state index contributed by atoms with van der Waals surface area (Å²) in [6, 6.07) is 71.0. The van der Waals surface area contributed by atoms with E-state index >= 15 is 0 Å². The first kappa shape index (κ1) is 33.3. The Labute approximate surface area is 327 Å². The molecule has 10 rings (SSSR count). The van der Waals surface area contributed by atoms with Crippen molar-refractivity contribution in [3.8, 4) is 28.3 Å². The summed E-state index contributed by atoms with van der Waals surface area (Å²) in [4.78, 5) is 7.14. The molecule has 0 saturated carbocycles. The summed E-state index contributed by atoms with van der Waals surface area (Å²) in [7, 11) is 0. The van der Waals surface area contributed by atoms with Crippen LogP contribution >= 0.6 is 0 Å². The number of aromatic nitrogens is 4. The molecule has 7 aromatic carbocycles. The summed E-state index contributed by atoms with van der Waals surface area (Å²) in [5.74, 6) is 0.844. The topological polar surface area (TPSA) is 30.9 Å². The Kier molecular flexibility index (Phi) is 8.70. The number of imidazole rings is 1. The molecule has 10 aromatic rings. The van der Waals surface area contributed by atoms with Crippen LogP contribution in [0.2, 0.25) is 0 Å². The number of hydrogen-bond acceptors (Lipinski definition) is 2. The van der Waals surface area contributed by atoms with Gasteiger partial charge in [0, 0.05) is 56.3 Å². The van der Waals surface area contributed by atoms with Crippen LogP contribution in [0.3, 0.4) is 0 Å². The van der Waals surface area contributed by atoms with E-state index < -0.39 is 0 Å². The summed E-state index contributed by atoms with van der Waals surface area (Å²) in [5.41, 5.74) is 11.4. The van der Waals surface area contributed by atoms with Crippen molar-refractivity contribution in [1.29, 1.82) is 0 Å². The normalized spacial score (nSPS) is 11.2. The summed E-state index contributed by atoms with van der Waals surface area (Å²) >= 11 is 0. The van der Waals surface area contributed by atoms with Crippen molar-refractivity contribution in [3.05, 3.63) is 207 Å². The standard InChI is InChI=1S/C48H32N5.Pt/c1-4-15-35(16-5-1)36-29-30-49-48(31-36)53-44-24-11-10-23-42(44)43-28-27-41(33-47(43)53)52(38-19-8-3-9-20-38)40-22-14-21-39(32-40)51-34-50(37-17-6-2-7-18-37)45-25-12-13-26-46(45)51;/h1-31,34H;/q-1;. The Hall–Kier alpha value is -6.55. The summed E-state index contributed by atoms with van der Waals surface area (Å²) in [6.45, 7) is 0. The molecule has 0 spiro atoms. The van der Waals surface area contributed by atoms with Gasteiger partial charge in [-0.15, -0.1) is 29.7 Å². The number of benzene rings is 7. The molecule has 5 nitrogen and oxygen atoms in total. The van der Waals surface area contributed by atoms with E-state index in [0.29, 0.717) is 0 Å². The number of para-hydroxylation sites is 5. The van der Waals surface area contributed by atoms with Gasteiger partial charge in [-0.3, -0.25) is 0 Å². The van der Waals surface area contributed by atoms with Crippen LogP contribution in [0.15, 0.2) is 195 Å². The number of fused-ring (bicyclic) bond motifs is 4. The Morgan fingerprint density at radius 2 is 1.15 bits per heavy atom. The molecular formula is C48H32N5Pt-. The molecule has 0 bridgehead atoms. The molecule has 0 aliphatic heterocycles. The minimum Gasteiger partial charge on any atom is -0.358 e. The van der Waals surface area contributed by atoms with Crippen molar-refractivity contribution >= 4 is 49.9 Å². The number of hydrogen-bond donors (Lipinski definition) is 0. The molecule has 0 amide bonds. The molecular weight excluding hydrogens is 842 g/mol. The van der Waals surface area contributed by atoms with Crippen molar-refractivity contribution in [2.24, 2.45) is 0 Å². The van der Waals surface area contributed by atoms with Gasteiger partial charge in [0.2, 0.25) is 0 Å². The molecule has 0 fully saturated rings. The van der Waals surface area contributed by atoms with Gasteiger partial charge in [0.25, 0.3) is 0 Å². The minimum absolute atomic E-state index is 0. The molecule has 0 saturated heterocycles. The van der Waals surface area contributed by atoms with Crippen LogP contribution in [0.1, 0.15) is 0 Å². The first-order valence-electron chi connectivity index (χ1n) is 17.7. The first-order chi connectivity index (χ1) is 26.3. The second-order valence-corrected chi connectivity index (χ2v) is 13.0. The summed E-state index contributed by atoms with van der Waals surface area (Å²) < 4.78 is 6.68. The van der Waals surface area contributed by atoms with E-state index in [1.807, 2.05) is 24.4 Å². The maximum absolute atomic E-state index is 4.91. The van der Waals surface area contributed by atoms with E-state index in [0.717, 1.165) is 78.2 Å². The van der Waals surface area contributed by atoms with Crippen LogP contribution in [0.4, 0.5) is 17.1 Å². The zero-order valence-electron chi connectivity index (χ0n) is 29.0. The molecule has 0 aliphatic rings. The largest absolute Gasteiger partial charge is 0.358 e. The second-order valence-electron chi connectivity index (χ2n) is 13.0. The zero-order valence-corrected chi connectivity index (χ0v) is 31.3.